The number of aromatic nitrogens is 2. The zero-order valence-electron chi connectivity index (χ0n) is 9.60. The third-order valence-electron chi connectivity index (χ3n) is 2.74. The van der Waals surface area contributed by atoms with Gasteiger partial charge in [0.1, 0.15) is 0 Å². The van der Waals surface area contributed by atoms with Crippen molar-refractivity contribution < 1.29 is 0 Å². The van der Waals surface area contributed by atoms with E-state index in [1.165, 1.54) is 0 Å². The Bertz CT molecular complexity index is 627. The Balaban J connectivity index is 1.75. The van der Waals surface area contributed by atoms with Crippen LogP contribution in [0, 0.1) is 0 Å². The van der Waals surface area contributed by atoms with Crippen molar-refractivity contribution in [3.63, 3.8) is 0 Å². The first-order valence-electron chi connectivity index (χ1n) is 5.65. The molecule has 0 bridgehead atoms. The Hall–Kier alpha value is -1.94. The molecule has 1 aromatic heterocycles. The number of benzene rings is 1. The quantitative estimate of drug-likeness (QED) is 0.885. The van der Waals surface area contributed by atoms with Crippen LogP contribution in [-0.4, -0.2) is 21.9 Å². The second-order valence-electron chi connectivity index (χ2n) is 4.08. The van der Waals surface area contributed by atoms with E-state index in [-0.39, 0.29) is 0 Å². The number of hydrogen-bond donors (Lipinski definition) is 1. The van der Waals surface area contributed by atoms with E-state index in [0.29, 0.717) is 6.54 Å². The third kappa shape index (κ3) is 2.33. The van der Waals surface area contributed by atoms with Gasteiger partial charge in [0.2, 0.25) is 0 Å². The van der Waals surface area contributed by atoms with Gasteiger partial charge < -0.3 is 4.98 Å². The summed E-state index contributed by atoms with van der Waals surface area (Å²) in [4.78, 5) is 15.9. The molecule has 18 heavy (non-hydrogen) atoms. The molecule has 2 heterocycles. The van der Waals surface area contributed by atoms with Crippen LogP contribution in [0.2, 0.25) is 5.02 Å². The van der Waals surface area contributed by atoms with Crippen LogP contribution in [0.4, 0.5) is 5.82 Å². The van der Waals surface area contributed by atoms with E-state index in [0.717, 1.165) is 34.2 Å². The summed E-state index contributed by atoms with van der Waals surface area (Å²) >= 11 is 5.93. The van der Waals surface area contributed by atoms with Gasteiger partial charge in [0, 0.05) is 11.4 Å². The highest BCUT2D eigenvalue weighted by atomic mass is 35.5. The first-order chi connectivity index (χ1) is 8.81. The van der Waals surface area contributed by atoms with Crippen molar-refractivity contribution in [2.75, 3.05) is 0 Å². The fourth-order valence-electron chi connectivity index (χ4n) is 1.84. The van der Waals surface area contributed by atoms with E-state index in [4.69, 9.17) is 11.6 Å². The summed E-state index contributed by atoms with van der Waals surface area (Å²) < 4.78 is 0. The minimum atomic E-state index is 0.616. The molecule has 0 saturated carbocycles. The Morgan fingerprint density at radius 2 is 2.33 bits per heavy atom. The first-order valence-corrected chi connectivity index (χ1v) is 6.03. The van der Waals surface area contributed by atoms with Gasteiger partial charge in [-0.25, -0.2) is 9.98 Å². The highest BCUT2D eigenvalue weighted by Gasteiger charge is 2.11. The Morgan fingerprint density at radius 1 is 1.39 bits per heavy atom. The normalized spacial score (nSPS) is 15.9. The van der Waals surface area contributed by atoms with Gasteiger partial charge in [-0.15, -0.1) is 0 Å². The van der Waals surface area contributed by atoms with Crippen LogP contribution in [0.5, 0.6) is 0 Å². The van der Waals surface area contributed by atoms with Gasteiger partial charge in [0.15, 0.2) is 5.82 Å². The Kier molecular flexibility index (Phi) is 2.94. The van der Waals surface area contributed by atoms with Gasteiger partial charge in [0.25, 0.3) is 0 Å². The summed E-state index contributed by atoms with van der Waals surface area (Å²) in [7, 11) is 0. The number of rotatable bonds is 2. The lowest BCUT2D eigenvalue weighted by molar-refractivity contribution is 1.05. The molecule has 3 rings (SSSR count). The second kappa shape index (κ2) is 4.74. The summed E-state index contributed by atoms with van der Waals surface area (Å²) in [6.07, 6.45) is 4.18. The Labute approximate surface area is 109 Å². The van der Waals surface area contributed by atoms with Crippen molar-refractivity contribution in [1.29, 1.82) is 0 Å². The van der Waals surface area contributed by atoms with Crippen molar-refractivity contribution >= 4 is 29.3 Å². The number of nitrogens with zero attached hydrogens (tertiary/aromatic N) is 3. The van der Waals surface area contributed by atoms with Crippen molar-refractivity contribution in [3.8, 4) is 0 Å². The van der Waals surface area contributed by atoms with E-state index >= 15 is 0 Å². The largest absolute Gasteiger partial charge is 0.346 e. The van der Waals surface area contributed by atoms with E-state index < -0.39 is 0 Å². The fourth-order valence-corrected chi connectivity index (χ4v) is 2.06. The molecule has 1 aliphatic rings. The maximum absolute atomic E-state index is 5.93. The number of H-pyrrole nitrogens is 1. The summed E-state index contributed by atoms with van der Waals surface area (Å²) in [6.45, 7) is 0.616. The molecule has 1 aliphatic heterocycles. The van der Waals surface area contributed by atoms with E-state index in [2.05, 4.69) is 20.0 Å². The number of hydrogen-bond acceptors (Lipinski definition) is 3. The van der Waals surface area contributed by atoms with E-state index in [9.17, 15) is 0 Å². The molecular formula is C13H11ClN4. The minimum Gasteiger partial charge on any atom is -0.346 e. The second-order valence-corrected chi connectivity index (χ2v) is 4.51. The molecule has 0 fully saturated rings. The summed E-state index contributed by atoms with van der Waals surface area (Å²) in [5, 5.41) is 0.737. The molecular weight excluding hydrogens is 248 g/mol. The molecule has 4 nitrogen and oxygen atoms in total. The number of halogens is 1. The molecule has 1 N–H and O–H groups in total. The molecule has 0 radical (unpaired) electrons. The van der Waals surface area contributed by atoms with Crippen LogP contribution in [0.3, 0.4) is 0 Å². The molecule has 90 valence electrons. The first kappa shape index (κ1) is 11.2. The van der Waals surface area contributed by atoms with Gasteiger partial charge in [0.05, 0.1) is 30.5 Å². The van der Waals surface area contributed by atoms with Gasteiger partial charge in [-0.2, -0.15) is 0 Å². The maximum atomic E-state index is 5.93. The van der Waals surface area contributed by atoms with Crippen molar-refractivity contribution in [1.82, 2.24) is 9.97 Å². The average molecular weight is 259 g/mol. The van der Waals surface area contributed by atoms with Crippen LogP contribution in [0.25, 0.3) is 0 Å². The lowest BCUT2D eigenvalue weighted by Crippen LogP contribution is -2.09. The van der Waals surface area contributed by atoms with Gasteiger partial charge in [-0.3, -0.25) is 4.99 Å². The maximum Gasteiger partial charge on any atom is 0.173 e. The SMILES string of the molecule is Clc1cccc(CN=C2C=Nc3nc[nH]c3C2)c1. The van der Waals surface area contributed by atoms with Gasteiger partial charge in [-0.05, 0) is 17.7 Å². The number of imidazole rings is 1. The van der Waals surface area contributed by atoms with Crippen molar-refractivity contribution in [2.45, 2.75) is 13.0 Å². The highest BCUT2D eigenvalue weighted by Crippen LogP contribution is 2.18. The zero-order valence-corrected chi connectivity index (χ0v) is 10.4. The minimum absolute atomic E-state index is 0.616. The van der Waals surface area contributed by atoms with Crippen LogP contribution in [0.1, 0.15) is 11.3 Å². The number of fused-ring (bicyclic) bond motifs is 1. The molecule has 0 saturated heterocycles. The lowest BCUT2D eigenvalue weighted by Gasteiger charge is -2.06. The monoisotopic (exact) mass is 258 g/mol. The van der Waals surface area contributed by atoms with Crippen molar-refractivity contribution in [2.24, 2.45) is 9.98 Å². The molecule has 2 aromatic rings. The summed E-state index contributed by atoms with van der Waals surface area (Å²) in [5.74, 6) is 0.761. The topological polar surface area (TPSA) is 53.4 Å². The van der Waals surface area contributed by atoms with Gasteiger partial charge >= 0.3 is 0 Å². The zero-order chi connectivity index (χ0) is 12.4. The summed E-state index contributed by atoms with van der Waals surface area (Å²) in [6, 6.07) is 7.72. The standard InChI is InChI=1S/C13H11ClN4/c14-10-3-1-2-9(4-10)6-15-11-5-12-13(16-7-11)18-8-17-12/h1-4,7-8H,5-6H2,(H,17,18). The predicted molar refractivity (Wildman–Crippen MR) is 73.0 cm³/mol. The number of aliphatic imine (C=N–C) groups is 2. The number of aromatic amines is 1. The smallest absolute Gasteiger partial charge is 0.173 e. The van der Waals surface area contributed by atoms with Gasteiger partial charge in [-0.1, -0.05) is 23.7 Å². The predicted octanol–water partition coefficient (Wildman–Crippen LogP) is 2.96. The van der Waals surface area contributed by atoms with Crippen LogP contribution in [0.15, 0.2) is 40.6 Å². The molecule has 0 aliphatic carbocycles. The molecule has 1 aromatic carbocycles. The number of nitrogens with one attached hydrogen (secondary N) is 1. The summed E-state index contributed by atoms with van der Waals surface area (Å²) in [5.41, 5.74) is 3.06. The van der Waals surface area contributed by atoms with E-state index in [1.54, 1.807) is 12.5 Å². The van der Waals surface area contributed by atoms with Crippen molar-refractivity contribution in [3.05, 3.63) is 46.9 Å². The molecule has 0 atom stereocenters. The molecule has 5 heteroatoms. The third-order valence-corrected chi connectivity index (χ3v) is 2.98. The average Bonchev–Trinajstić information content (AvgIpc) is 2.84. The van der Waals surface area contributed by atoms with Crippen LogP contribution in [-0.2, 0) is 13.0 Å². The molecule has 0 unspecified atom stereocenters. The van der Waals surface area contributed by atoms with Crippen LogP contribution >= 0.6 is 11.6 Å². The highest BCUT2D eigenvalue weighted by molar-refractivity contribution is 6.32. The lowest BCUT2D eigenvalue weighted by atomic mass is 10.1. The molecule has 0 spiro atoms. The fraction of sp³-hybridized carbons (Fsp3) is 0.154. The van der Waals surface area contributed by atoms with E-state index in [1.807, 2.05) is 24.3 Å². The van der Waals surface area contributed by atoms with Crippen LogP contribution < -0.4 is 0 Å². The molecule has 0 amide bonds. The Morgan fingerprint density at radius 3 is 3.22 bits per heavy atom.